The summed E-state index contributed by atoms with van der Waals surface area (Å²) in [5.41, 5.74) is 4.84. The first-order valence-electron chi connectivity index (χ1n) is 10.2. The number of methoxy groups -OCH3 is 2. The average molecular weight is 408 g/mol. The van der Waals surface area contributed by atoms with Gasteiger partial charge < -0.3 is 19.7 Å². The maximum absolute atomic E-state index is 11.2. The maximum atomic E-state index is 11.2. The van der Waals surface area contributed by atoms with Gasteiger partial charge in [0, 0.05) is 29.3 Å². The summed E-state index contributed by atoms with van der Waals surface area (Å²) in [5, 5.41) is 23.3. The second-order valence-corrected chi connectivity index (χ2v) is 8.23. The number of aromatic hydroxyl groups is 2. The van der Waals surface area contributed by atoms with Crippen LogP contribution in [0.25, 0.3) is 21.9 Å². The summed E-state index contributed by atoms with van der Waals surface area (Å²) in [6.07, 6.45) is 0.794. The number of nitrogens with zero attached hydrogens (tertiary/aromatic N) is 1. The third kappa shape index (κ3) is 2.88. The van der Waals surface area contributed by atoms with E-state index < -0.39 is 0 Å². The topological polar surface area (TPSA) is 62.2 Å². The Morgan fingerprint density at radius 2 is 1.67 bits per heavy atom. The lowest BCUT2D eigenvalue weighted by atomic mass is 9.81. The van der Waals surface area contributed by atoms with Gasteiger partial charge in [-0.2, -0.15) is 0 Å². The molecule has 1 aliphatic rings. The maximum Gasteiger partial charge on any atom is 0.130 e. The number of aryl methyl sites for hydroxylation is 1. The van der Waals surface area contributed by atoms with Crippen LogP contribution in [0.2, 0.25) is 0 Å². The lowest BCUT2D eigenvalue weighted by molar-refractivity contribution is 0.175. The number of hydrogen-bond acceptors (Lipinski definition) is 5. The van der Waals surface area contributed by atoms with Gasteiger partial charge in [0.15, 0.2) is 0 Å². The van der Waals surface area contributed by atoms with Gasteiger partial charge in [-0.15, -0.1) is 0 Å². The van der Waals surface area contributed by atoms with Gasteiger partial charge in [0.25, 0.3) is 0 Å². The molecule has 1 heterocycles. The Bertz CT molecular complexity index is 1140. The van der Waals surface area contributed by atoms with Crippen LogP contribution in [0.1, 0.15) is 36.6 Å². The van der Waals surface area contributed by atoms with Crippen molar-refractivity contribution in [3.63, 3.8) is 0 Å². The second-order valence-electron chi connectivity index (χ2n) is 8.23. The minimum atomic E-state index is 0.149. The van der Waals surface area contributed by atoms with Gasteiger partial charge >= 0.3 is 0 Å². The number of rotatable bonds is 3. The standard InChI is InChI=1S/C25H29NO4/c1-13-10-18(27)24-16(8-7-9-20(24)29-5)22(13)25-17-11-14(2)26(4)15(3)23(17)21(30-6)12-19(25)28/h7-10,12,14-15,27-28H,11H2,1-6H3. The molecule has 0 saturated carbocycles. The Morgan fingerprint density at radius 1 is 0.967 bits per heavy atom. The number of phenols is 2. The molecule has 30 heavy (non-hydrogen) atoms. The van der Waals surface area contributed by atoms with Crippen LogP contribution in [0.5, 0.6) is 23.0 Å². The van der Waals surface area contributed by atoms with Crippen molar-refractivity contribution in [3.8, 4) is 34.1 Å². The van der Waals surface area contributed by atoms with E-state index in [1.165, 1.54) is 0 Å². The van der Waals surface area contributed by atoms with E-state index in [9.17, 15) is 10.2 Å². The molecule has 0 bridgehead atoms. The molecule has 0 spiro atoms. The molecule has 0 saturated heterocycles. The highest BCUT2D eigenvalue weighted by Gasteiger charge is 2.33. The van der Waals surface area contributed by atoms with Gasteiger partial charge in [-0.3, -0.25) is 4.90 Å². The van der Waals surface area contributed by atoms with Crippen LogP contribution in [0, 0.1) is 6.92 Å². The Hall–Kier alpha value is -2.92. The van der Waals surface area contributed by atoms with Crippen LogP contribution in [0.4, 0.5) is 0 Å². The number of benzene rings is 3. The van der Waals surface area contributed by atoms with Gasteiger partial charge in [0.05, 0.1) is 19.6 Å². The Balaban J connectivity index is 2.14. The van der Waals surface area contributed by atoms with Crippen molar-refractivity contribution in [1.82, 2.24) is 4.90 Å². The fraction of sp³-hybridized carbons (Fsp3) is 0.360. The normalized spacial score (nSPS) is 19.0. The summed E-state index contributed by atoms with van der Waals surface area (Å²) in [5.74, 6) is 1.67. The van der Waals surface area contributed by atoms with Crippen LogP contribution < -0.4 is 9.47 Å². The molecule has 2 unspecified atom stereocenters. The van der Waals surface area contributed by atoms with E-state index in [0.717, 1.165) is 39.6 Å². The quantitative estimate of drug-likeness (QED) is 0.626. The number of hydrogen-bond donors (Lipinski definition) is 2. The highest BCUT2D eigenvalue weighted by molar-refractivity contribution is 6.06. The van der Waals surface area contributed by atoms with E-state index in [2.05, 4.69) is 25.8 Å². The van der Waals surface area contributed by atoms with Crippen molar-refractivity contribution in [3.05, 3.63) is 47.0 Å². The Labute approximate surface area is 177 Å². The van der Waals surface area contributed by atoms with Gasteiger partial charge in [0.2, 0.25) is 0 Å². The number of ether oxygens (including phenoxy) is 2. The number of likely N-dealkylation sites (N-methyl/N-ethyl adjacent to an activating group) is 1. The summed E-state index contributed by atoms with van der Waals surface area (Å²) in [6, 6.07) is 9.65. The predicted octanol–water partition coefficient (Wildman–Crippen LogP) is 5.18. The lowest BCUT2D eigenvalue weighted by Crippen LogP contribution is -2.38. The van der Waals surface area contributed by atoms with E-state index in [1.807, 2.05) is 25.1 Å². The van der Waals surface area contributed by atoms with Crippen molar-refractivity contribution < 1.29 is 19.7 Å². The van der Waals surface area contributed by atoms with E-state index >= 15 is 0 Å². The summed E-state index contributed by atoms with van der Waals surface area (Å²) >= 11 is 0. The van der Waals surface area contributed by atoms with Gasteiger partial charge in [0.1, 0.15) is 23.0 Å². The summed E-state index contributed by atoms with van der Waals surface area (Å²) in [4.78, 5) is 2.33. The van der Waals surface area contributed by atoms with E-state index in [1.54, 1.807) is 26.4 Å². The number of fused-ring (bicyclic) bond motifs is 2. The van der Waals surface area contributed by atoms with Crippen LogP contribution in [0.3, 0.4) is 0 Å². The van der Waals surface area contributed by atoms with Crippen LogP contribution >= 0.6 is 0 Å². The number of phenolic OH excluding ortho intramolecular Hbond substituents is 2. The van der Waals surface area contributed by atoms with Gasteiger partial charge in [-0.25, -0.2) is 0 Å². The second kappa shape index (κ2) is 7.40. The zero-order valence-corrected chi connectivity index (χ0v) is 18.4. The van der Waals surface area contributed by atoms with Crippen LogP contribution in [0.15, 0.2) is 30.3 Å². The van der Waals surface area contributed by atoms with Gasteiger partial charge in [-0.1, -0.05) is 12.1 Å². The monoisotopic (exact) mass is 407 g/mol. The first-order valence-corrected chi connectivity index (χ1v) is 10.2. The molecule has 0 fully saturated rings. The van der Waals surface area contributed by atoms with Gasteiger partial charge in [-0.05, 0) is 68.4 Å². The molecule has 0 radical (unpaired) electrons. The first-order chi connectivity index (χ1) is 14.3. The average Bonchev–Trinajstić information content (AvgIpc) is 2.72. The Morgan fingerprint density at radius 3 is 2.33 bits per heavy atom. The van der Waals surface area contributed by atoms with Crippen molar-refractivity contribution in [2.75, 3.05) is 21.3 Å². The highest BCUT2D eigenvalue weighted by atomic mass is 16.5. The summed E-state index contributed by atoms with van der Waals surface area (Å²) in [7, 11) is 5.36. The summed E-state index contributed by atoms with van der Waals surface area (Å²) < 4.78 is 11.2. The zero-order chi connectivity index (χ0) is 21.7. The highest BCUT2D eigenvalue weighted by Crippen LogP contribution is 2.50. The molecule has 5 nitrogen and oxygen atoms in total. The molecule has 1 aliphatic heterocycles. The first kappa shape index (κ1) is 20.4. The minimum absolute atomic E-state index is 0.149. The molecule has 4 rings (SSSR count). The largest absolute Gasteiger partial charge is 0.507 e. The zero-order valence-electron chi connectivity index (χ0n) is 18.4. The third-order valence-corrected chi connectivity index (χ3v) is 6.63. The van der Waals surface area contributed by atoms with Crippen LogP contribution in [-0.4, -0.2) is 42.4 Å². The molecule has 158 valence electrons. The molecule has 3 aromatic carbocycles. The fourth-order valence-corrected chi connectivity index (χ4v) is 4.92. The molecule has 0 aliphatic carbocycles. The molecule has 2 atom stereocenters. The molecule has 0 amide bonds. The van der Waals surface area contributed by atoms with Crippen molar-refractivity contribution >= 4 is 10.8 Å². The van der Waals surface area contributed by atoms with Crippen molar-refractivity contribution in [2.45, 2.75) is 39.3 Å². The third-order valence-electron chi connectivity index (χ3n) is 6.63. The van der Waals surface area contributed by atoms with Crippen molar-refractivity contribution in [2.24, 2.45) is 0 Å². The molecule has 5 heteroatoms. The van der Waals surface area contributed by atoms with Crippen LogP contribution in [-0.2, 0) is 6.42 Å². The smallest absolute Gasteiger partial charge is 0.130 e. The fourth-order valence-electron chi connectivity index (χ4n) is 4.92. The Kier molecular flexibility index (Phi) is 5.02. The molecular formula is C25H29NO4. The lowest BCUT2D eigenvalue weighted by Gasteiger charge is -2.39. The van der Waals surface area contributed by atoms with Crippen molar-refractivity contribution in [1.29, 1.82) is 0 Å². The molecule has 3 aromatic rings. The van der Waals surface area contributed by atoms with E-state index in [0.29, 0.717) is 22.9 Å². The predicted molar refractivity (Wildman–Crippen MR) is 120 cm³/mol. The molecule has 2 N–H and O–H groups in total. The SMILES string of the molecule is COc1cc(O)c(-c2c(C)cc(O)c3c(OC)cccc23)c2c1C(C)N(C)C(C)C2. The van der Waals surface area contributed by atoms with E-state index in [-0.39, 0.29) is 17.5 Å². The van der Waals surface area contributed by atoms with E-state index in [4.69, 9.17) is 9.47 Å². The molecule has 0 aromatic heterocycles. The summed E-state index contributed by atoms with van der Waals surface area (Å²) in [6.45, 7) is 6.33. The molecular weight excluding hydrogens is 378 g/mol. The minimum Gasteiger partial charge on any atom is -0.507 e.